The molecular formula is C17H20FN3O. The van der Waals surface area contributed by atoms with E-state index in [1.807, 2.05) is 0 Å². The van der Waals surface area contributed by atoms with Gasteiger partial charge in [-0.15, -0.1) is 0 Å². The third-order valence-corrected chi connectivity index (χ3v) is 3.16. The largest absolute Gasteiger partial charge is 0.352 e. The number of pyridine rings is 1. The summed E-state index contributed by atoms with van der Waals surface area (Å²) in [6.07, 6.45) is 2.45. The van der Waals surface area contributed by atoms with E-state index < -0.39 is 0 Å². The Hall–Kier alpha value is -2.43. The van der Waals surface area contributed by atoms with Gasteiger partial charge in [-0.2, -0.15) is 0 Å². The first-order chi connectivity index (χ1) is 10.6. The summed E-state index contributed by atoms with van der Waals surface area (Å²) >= 11 is 0. The van der Waals surface area contributed by atoms with E-state index in [0.717, 1.165) is 6.42 Å². The summed E-state index contributed by atoms with van der Waals surface area (Å²) in [4.78, 5) is 16.0. The normalized spacial score (nSPS) is 10.5. The van der Waals surface area contributed by atoms with E-state index in [4.69, 9.17) is 0 Å². The minimum Gasteiger partial charge on any atom is -0.352 e. The molecule has 1 amide bonds. The lowest BCUT2D eigenvalue weighted by Gasteiger charge is -2.09. The molecule has 0 aliphatic heterocycles. The van der Waals surface area contributed by atoms with Gasteiger partial charge in [-0.3, -0.25) is 4.79 Å². The summed E-state index contributed by atoms with van der Waals surface area (Å²) < 4.78 is 13.5. The Morgan fingerprint density at radius 3 is 2.64 bits per heavy atom. The molecule has 0 fully saturated rings. The summed E-state index contributed by atoms with van der Waals surface area (Å²) in [5, 5.41) is 5.75. The smallest absolute Gasteiger partial charge is 0.269 e. The fraction of sp³-hybridized carbons (Fsp3) is 0.294. The lowest BCUT2D eigenvalue weighted by molar-refractivity contribution is 0.0947. The molecule has 1 heterocycles. The van der Waals surface area contributed by atoms with Crippen LogP contribution in [0.2, 0.25) is 0 Å². The zero-order valence-electron chi connectivity index (χ0n) is 12.8. The Kier molecular flexibility index (Phi) is 5.47. The van der Waals surface area contributed by atoms with Gasteiger partial charge in [0, 0.05) is 6.54 Å². The fourth-order valence-electron chi connectivity index (χ4n) is 1.89. The quantitative estimate of drug-likeness (QED) is 0.854. The second-order valence-electron chi connectivity index (χ2n) is 5.48. The van der Waals surface area contributed by atoms with Crippen LogP contribution < -0.4 is 10.6 Å². The van der Waals surface area contributed by atoms with Crippen molar-refractivity contribution in [1.82, 2.24) is 10.3 Å². The van der Waals surface area contributed by atoms with Crippen molar-refractivity contribution < 1.29 is 9.18 Å². The molecule has 0 saturated heterocycles. The molecule has 0 radical (unpaired) electrons. The molecule has 0 bridgehead atoms. The number of rotatable bonds is 6. The first-order valence-electron chi connectivity index (χ1n) is 7.32. The van der Waals surface area contributed by atoms with Crippen molar-refractivity contribution in [3.8, 4) is 0 Å². The molecule has 0 aliphatic rings. The van der Waals surface area contributed by atoms with E-state index in [0.29, 0.717) is 29.5 Å². The third-order valence-electron chi connectivity index (χ3n) is 3.16. The molecule has 5 heteroatoms. The summed E-state index contributed by atoms with van der Waals surface area (Å²) in [6.45, 7) is 4.84. The molecule has 1 aromatic heterocycles. The zero-order chi connectivity index (χ0) is 15.9. The van der Waals surface area contributed by atoms with Gasteiger partial charge in [-0.05, 0) is 36.6 Å². The Balaban J connectivity index is 1.95. The van der Waals surface area contributed by atoms with Gasteiger partial charge >= 0.3 is 0 Å². The van der Waals surface area contributed by atoms with E-state index in [2.05, 4.69) is 29.5 Å². The monoisotopic (exact) mass is 301 g/mol. The number of aromatic nitrogens is 1. The Labute approximate surface area is 129 Å². The second-order valence-corrected chi connectivity index (χ2v) is 5.48. The highest BCUT2D eigenvalue weighted by Crippen LogP contribution is 2.18. The molecule has 0 spiro atoms. The number of para-hydroxylation sites is 1. The molecule has 0 atom stereocenters. The first-order valence-corrected chi connectivity index (χ1v) is 7.32. The summed E-state index contributed by atoms with van der Waals surface area (Å²) in [5.74, 6) is 0.0108. The van der Waals surface area contributed by atoms with Gasteiger partial charge < -0.3 is 10.6 Å². The average Bonchev–Trinajstić information content (AvgIpc) is 2.50. The SMILES string of the molecule is CC(C)CCNC(=O)c1ccc(Nc2ccccc2F)cn1. The standard InChI is InChI=1S/C17H20FN3O/c1-12(2)9-10-19-17(22)16-8-7-13(11-20-16)21-15-6-4-3-5-14(15)18/h3-8,11-12,21H,9-10H2,1-2H3,(H,19,22). The average molecular weight is 301 g/mol. The van der Waals surface area contributed by atoms with Crippen LogP contribution in [0.3, 0.4) is 0 Å². The molecule has 2 aromatic rings. The second kappa shape index (κ2) is 7.54. The first kappa shape index (κ1) is 15.9. The summed E-state index contributed by atoms with van der Waals surface area (Å²) in [7, 11) is 0. The van der Waals surface area contributed by atoms with Crippen LogP contribution in [0, 0.1) is 11.7 Å². The minimum atomic E-state index is -0.335. The van der Waals surface area contributed by atoms with Crippen LogP contribution in [0.1, 0.15) is 30.8 Å². The molecule has 0 unspecified atom stereocenters. The van der Waals surface area contributed by atoms with Crippen LogP contribution in [0.5, 0.6) is 0 Å². The maximum absolute atomic E-state index is 13.5. The van der Waals surface area contributed by atoms with Crippen LogP contribution >= 0.6 is 0 Å². The number of benzene rings is 1. The van der Waals surface area contributed by atoms with E-state index >= 15 is 0 Å². The van der Waals surface area contributed by atoms with E-state index in [9.17, 15) is 9.18 Å². The Morgan fingerprint density at radius 1 is 1.23 bits per heavy atom. The van der Waals surface area contributed by atoms with Crippen molar-refractivity contribution in [2.24, 2.45) is 5.92 Å². The number of anilines is 2. The van der Waals surface area contributed by atoms with E-state index in [1.54, 1.807) is 30.3 Å². The van der Waals surface area contributed by atoms with Crippen molar-refractivity contribution >= 4 is 17.3 Å². The predicted molar refractivity (Wildman–Crippen MR) is 85.7 cm³/mol. The van der Waals surface area contributed by atoms with Crippen LogP contribution in [0.4, 0.5) is 15.8 Å². The van der Waals surface area contributed by atoms with Crippen molar-refractivity contribution in [3.05, 3.63) is 54.1 Å². The van der Waals surface area contributed by atoms with Gasteiger partial charge in [0.25, 0.3) is 5.91 Å². The topological polar surface area (TPSA) is 54.0 Å². The number of hydrogen-bond donors (Lipinski definition) is 2. The summed E-state index contributed by atoms with van der Waals surface area (Å²) in [6, 6.07) is 9.72. The molecule has 0 aliphatic carbocycles. The maximum Gasteiger partial charge on any atom is 0.269 e. The van der Waals surface area contributed by atoms with Crippen molar-refractivity contribution in [1.29, 1.82) is 0 Å². The lowest BCUT2D eigenvalue weighted by Crippen LogP contribution is -2.26. The van der Waals surface area contributed by atoms with Crippen LogP contribution in [-0.4, -0.2) is 17.4 Å². The van der Waals surface area contributed by atoms with Crippen LogP contribution in [0.15, 0.2) is 42.6 Å². The Morgan fingerprint density at radius 2 is 2.00 bits per heavy atom. The van der Waals surface area contributed by atoms with Gasteiger partial charge in [0.15, 0.2) is 0 Å². The molecule has 116 valence electrons. The fourth-order valence-corrected chi connectivity index (χ4v) is 1.89. The molecule has 2 N–H and O–H groups in total. The highest BCUT2D eigenvalue weighted by atomic mass is 19.1. The molecule has 22 heavy (non-hydrogen) atoms. The van der Waals surface area contributed by atoms with Gasteiger partial charge in [-0.25, -0.2) is 9.37 Å². The van der Waals surface area contributed by atoms with Gasteiger partial charge in [0.2, 0.25) is 0 Å². The number of carbonyl (C=O) groups is 1. The zero-order valence-corrected chi connectivity index (χ0v) is 12.8. The lowest BCUT2D eigenvalue weighted by atomic mass is 10.1. The molecule has 0 saturated carbocycles. The summed E-state index contributed by atoms with van der Waals surface area (Å²) in [5.41, 5.74) is 1.35. The number of amides is 1. The van der Waals surface area contributed by atoms with Gasteiger partial charge in [0.05, 0.1) is 17.6 Å². The number of carbonyl (C=O) groups excluding carboxylic acids is 1. The molecular weight excluding hydrogens is 281 g/mol. The van der Waals surface area contributed by atoms with Crippen LogP contribution in [-0.2, 0) is 0 Å². The van der Waals surface area contributed by atoms with Crippen LogP contribution in [0.25, 0.3) is 0 Å². The highest BCUT2D eigenvalue weighted by Gasteiger charge is 2.07. The van der Waals surface area contributed by atoms with Crippen molar-refractivity contribution in [2.75, 3.05) is 11.9 Å². The van der Waals surface area contributed by atoms with Crippen molar-refractivity contribution in [2.45, 2.75) is 20.3 Å². The highest BCUT2D eigenvalue weighted by molar-refractivity contribution is 5.92. The number of nitrogens with one attached hydrogen (secondary N) is 2. The third kappa shape index (κ3) is 4.55. The maximum atomic E-state index is 13.5. The van der Waals surface area contributed by atoms with E-state index in [-0.39, 0.29) is 11.7 Å². The Bertz CT molecular complexity index is 626. The number of halogens is 1. The van der Waals surface area contributed by atoms with E-state index in [1.165, 1.54) is 12.3 Å². The molecule has 4 nitrogen and oxygen atoms in total. The molecule has 2 rings (SSSR count). The minimum absolute atomic E-state index is 0.196. The predicted octanol–water partition coefficient (Wildman–Crippen LogP) is 3.74. The van der Waals surface area contributed by atoms with Crippen molar-refractivity contribution in [3.63, 3.8) is 0 Å². The number of hydrogen-bond acceptors (Lipinski definition) is 3. The molecule has 1 aromatic carbocycles. The van der Waals surface area contributed by atoms with Gasteiger partial charge in [-0.1, -0.05) is 26.0 Å². The number of nitrogens with zero attached hydrogens (tertiary/aromatic N) is 1. The van der Waals surface area contributed by atoms with Gasteiger partial charge in [0.1, 0.15) is 11.5 Å².